The molecule has 2 N–H and O–H groups in total. The maximum Gasteiger partial charge on any atom is 0.309 e. The van der Waals surface area contributed by atoms with Crippen molar-refractivity contribution in [2.75, 3.05) is 0 Å². The second-order valence-electron chi connectivity index (χ2n) is 6.14. The summed E-state index contributed by atoms with van der Waals surface area (Å²) < 4.78 is 5.59. The van der Waals surface area contributed by atoms with Gasteiger partial charge in [-0.1, -0.05) is 11.6 Å². The van der Waals surface area contributed by atoms with Crippen molar-refractivity contribution in [1.82, 2.24) is 10.4 Å². The molecule has 0 radical (unpaired) electrons. The minimum atomic E-state index is -0.497. The van der Waals surface area contributed by atoms with Gasteiger partial charge in [0.1, 0.15) is 5.75 Å². The number of halogens is 1. The van der Waals surface area contributed by atoms with E-state index in [1.54, 1.807) is 57.2 Å². The van der Waals surface area contributed by atoms with Crippen molar-refractivity contribution in [3.05, 3.63) is 69.6 Å². The smallest absolute Gasteiger partial charge is 0.309 e. The highest BCUT2D eigenvalue weighted by atomic mass is 35.5. The zero-order chi connectivity index (χ0) is 19.6. The van der Waals surface area contributed by atoms with Gasteiger partial charge in [-0.3, -0.25) is 4.79 Å². The number of aryl methyl sites for hydroxylation is 3. The van der Waals surface area contributed by atoms with Crippen LogP contribution in [0.25, 0.3) is 11.5 Å². The lowest BCUT2D eigenvalue weighted by Gasteiger charge is -2.04. The van der Waals surface area contributed by atoms with Gasteiger partial charge in [0.2, 0.25) is 11.7 Å². The Hall–Kier alpha value is -3.12. The molecule has 2 aromatic carbocycles. The van der Waals surface area contributed by atoms with Crippen molar-refractivity contribution in [1.29, 1.82) is 0 Å². The van der Waals surface area contributed by atoms with Crippen LogP contribution >= 0.6 is 11.6 Å². The molecule has 0 aliphatic rings. The summed E-state index contributed by atoms with van der Waals surface area (Å²) in [7, 11) is 0. The molecule has 3 rings (SSSR count). The second kappa shape index (κ2) is 7.63. The summed E-state index contributed by atoms with van der Waals surface area (Å²) in [6, 6.07) is 10.5. The largest absolute Gasteiger partial charge is 0.507 e. The van der Waals surface area contributed by atoms with Crippen LogP contribution in [0.4, 0.5) is 0 Å². The molecule has 0 fully saturated rings. The molecule has 0 saturated carbocycles. The zero-order valence-electron chi connectivity index (χ0n) is 15.1. The molecule has 1 amide bonds. The number of carbonyl (C=O) groups excluding carboxylic acids is 1. The standard InChI is InChI=1S/C20H18ClN3O3/c1-11-8-14(9-12(2)17(11)25)10-22-24-19(26)18-13(3)23-20(27-18)15-4-6-16(21)7-5-15/h4-10,25H,1-3H3,(H,24,26). The van der Waals surface area contributed by atoms with Gasteiger partial charge in [-0.05, 0) is 73.9 Å². The fourth-order valence-corrected chi connectivity index (χ4v) is 2.73. The first-order valence-corrected chi connectivity index (χ1v) is 8.60. The highest BCUT2D eigenvalue weighted by Gasteiger charge is 2.18. The zero-order valence-corrected chi connectivity index (χ0v) is 15.8. The van der Waals surface area contributed by atoms with Gasteiger partial charge >= 0.3 is 5.91 Å². The molecule has 0 saturated heterocycles. The van der Waals surface area contributed by atoms with E-state index in [9.17, 15) is 9.90 Å². The molecule has 6 nitrogen and oxygen atoms in total. The number of aromatic hydroxyl groups is 1. The number of nitrogens with one attached hydrogen (secondary N) is 1. The molecule has 0 aliphatic heterocycles. The number of amides is 1. The Bertz CT molecular complexity index is 1000. The van der Waals surface area contributed by atoms with Crippen molar-refractivity contribution in [3.63, 3.8) is 0 Å². The first-order valence-electron chi connectivity index (χ1n) is 8.22. The van der Waals surface area contributed by atoms with Crippen molar-refractivity contribution < 1.29 is 14.3 Å². The molecular formula is C20H18ClN3O3. The van der Waals surface area contributed by atoms with Crippen LogP contribution in [0.15, 0.2) is 45.9 Å². The Labute approximate surface area is 161 Å². The number of nitrogens with zero attached hydrogens (tertiary/aromatic N) is 2. The van der Waals surface area contributed by atoms with Gasteiger partial charge in [-0.2, -0.15) is 5.10 Å². The summed E-state index contributed by atoms with van der Waals surface area (Å²) in [6.45, 7) is 5.29. The van der Waals surface area contributed by atoms with E-state index < -0.39 is 5.91 Å². The maximum atomic E-state index is 12.3. The van der Waals surface area contributed by atoms with Crippen LogP contribution in [0, 0.1) is 20.8 Å². The first-order chi connectivity index (χ1) is 12.8. The number of carbonyl (C=O) groups is 1. The van der Waals surface area contributed by atoms with Crippen LogP contribution in [-0.2, 0) is 0 Å². The molecule has 3 aromatic rings. The molecule has 0 aliphatic carbocycles. The van der Waals surface area contributed by atoms with Crippen LogP contribution in [0.5, 0.6) is 5.75 Å². The number of phenolic OH excluding ortho intramolecular Hbond substituents is 1. The highest BCUT2D eigenvalue weighted by Crippen LogP contribution is 2.24. The summed E-state index contributed by atoms with van der Waals surface area (Å²) in [5.41, 5.74) is 5.85. The Morgan fingerprint density at radius 3 is 2.44 bits per heavy atom. The summed E-state index contributed by atoms with van der Waals surface area (Å²) in [5, 5.41) is 14.4. The van der Waals surface area contributed by atoms with Gasteiger partial charge in [0, 0.05) is 10.6 Å². The van der Waals surface area contributed by atoms with Gasteiger partial charge in [-0.25, -0.2) is 10.4 Å². The van der Waals surface area contributed by atoms with Crippen LogP contribution < -0.4 is 5.43 Å². The molecule has 138 valence electrons. The molecule has 0 unspecified atom stereocenters. The average Bonchev–Trinajstić information content (AvgIpc) is 3.02. The number of aromatic nitrogens is 1. The van der Waals surface area contributed by atoms with E-state index in [1.165, 1.54) is 6.21 Å². The van der Waals surface area contributed by atoms with E-state index in [0.29, 0.717) is 16.6 Å². The van der Waals surface area contributed by atoms with Crippen molar-refractivity contribution in [3.8, 4) is 17.2 Å². The fourth-order valence-electron chi connectivity index (χ4n) is 2.60. The molecule has 7 heteroatoms. The third-order valence-corrected chi connectivity index (χ3v) is 4.24. The number of benzene rings is 2. The van der Waals surface area contributed by atoms with Crippen molar-refractivity contribution in [2.24, 2.45) is 5.10 Å². The lowest BCUT2D eigenvalue weighted by atomic mass is 10.1. The molecule has 0 bridgehead atoms. The van der Waals surface area contributed by atoms with Gasteiger partial charge in [-0.15, -0.1) is 0 Å². The van der Waals surface area contributed by atoms with Crippen molar-refractivity contribution in [2.45, 2.75) is 20.8 Å². The van der Waals surface area contributed by atoms with E-state index in [4.69, 9.17) is 16.0 Å². The Kier molecular flexibility index (Phi) is 5.28. The molecule has 1 heterocycles. The maximum absolute atomic E-state index is 12.3. The Morgan fingerprint density at radius 1 is 1.19 bits per heavy atom. The molecule has 27 heavy (non-hydrogen) atoms. The summed E-state index contributed by atoms with van der Waals surface area (Å²) in [5.74, 6) is 0.185. The minimum Gasteiger partial charge on any atom is -0.507 e. The average molecular weight is 384 g/mol. The Morgan fingerprint density at radius 2 is 1.81 bits per heavy atom. The normalized spacial score (nSPS) is 11.1. The lowest BCUT2D eigenvalue weighted by Crippen LogP contribution is -2.17. The quantitative estimate of drug-likeness (QED) is 0.516. The lowest BCUT2D eigenvalue weighted by molar-refractivity contribution is 0.0927. The fraction of sp³-hybridized carbons (Fsp3) is 0.150. The number of oxazole rings is 1. The van der Waals surface area contributed by atoms with E-state index in [1.807, 2.05) is 0 Å². The van der Waals surface area contributed by atoms with Crippen LogP contribution in [-0.4, -0.2) is 22.2 Å². The number of hydrogen-bond acceptors (Lipinski definition) is 5. The molecule has 1 aromatic heterocycles. The van der Waals surface area contributed by atoms with Gasteiger partial charge < -0.3 is 9.52 Å². The minimum absolute atomic E-state index is 0.0927. The first kappa shape index (κ1) is 18.7. The van der Waals surface area contributed by atoms with E-state index in [2.05, 4.69) is 15.5 Å². The number of rotatable bonds is 4. The third-order valence-electron chi connectivity index (χ3n) is 3.99. The monoisotopic (exact) mass is 383 g/mol. The molecule has 0 spiro atoms. The van der Waals surface area contributed by atoms with Crippen molar-refractivity contribution >= 4 is 23.7 Å². The molecule has 0 atom stereocenters. The van der Waals surface area contributed by atoms with Gasteiger partial charge in [0.05, 0.1) is 11.9 Å². The predicted molar refractivity (Wildman–Crippen MR) is 104 cm³/mol. The second-order valence-corrected chi connectivity index (χ2v) is 6.58. The van der Waals surface area contributed by atoms with Crippen LogP contribution in [0.1, 0.15) is 32.9 Å². The van der Waals surface area contributed by atoms with E-state index >= 15 is 0 Å². The summed E-state index contributed by atoms with van der Waals surface area (Å²) in [6.07, 6.45) is 1.50. The summed E-state index contributed by atoms with van der Waals surface area (Å²) >= 11 is 5.88. The number of phenols is 1. The van der Waals surface area contributed by atoms with Crippen LogP contribution in [0.2, 0.25) is 5.02 Å². The third kappa shape index (κ3) is 4.17. The predicted octanol–water partition coefficient (Wildman–Crippen LogP) is 4.39. The highest BCUT2D eigenvalue weighted by molar-refractivity contribution is 6.30. The number of hydrazone groups is 1. The topological polar surface area (TPSA) is 87.7 Å². The van der Waals surface area contributed by atoms with Crippen LogP contribution in [0.3, 0.4) is 0 Å². The summed E-state index contributed by atoms with van der Waals surface area (Å²) in [4.78, 5) is 16.6. The Balaban J connectivity index is 1.74. The number of hydrogen-bond donors (Lipinski definition) is 2. The van der Waals surface area contributed by atoms with E-state index in [-0.39, 0.29) is 11.5 Å². The van der Waals surface area contributed by atoms with Gasteiger partial charge in [0.15, 0.2) is 0 Å². The molecular weight excluding hydrogens is 366 g/mol. The SMILES string of the molecule is Cc1cc(C=NNC(=O)c2oc(-c3ccc(Cl)cc3)nc2C)cc(C)c1O. The van der Waals surface area contributed by atoms with Gasteiger partial charge in [0.25, 0.3) is 0 Å². The van der Waals surface area contributed by atoms with E-state index in [0.717, 1.165) is 22.3 Å².